The van der Waals surface area contributed by atoms with Gasteiger partial charge in [-0.3, -0.25) is 0 Å². The maximum Gasteiger partial charge on any atom is 0.124 e. The molecule has 0 spiro atoms. The molecule has 0 unspecified atom stereocenters. The standard InChI is InChI=1S/C11H10O2/c1-8-11-3-2-9(4-5-12)6-10(11)7-13-8/h2-3,5-6H,1,4,7H2. The molecule has 0 atom stereocenters. The normalized spacial score (nSPS) is 13.7. The van der Waals surface area contributed by atoms with Gasteiger partial charge in [-0.15, -0.1) is 0 Å². The summed E-state index contributed by atoms with van der Waals surface area (Å²) in [5.74, 6) is 0.729. The molecule has 0 N–H and O–H groups in total. The van der Waals surface area contributed by atoms with Crippen LogP contribution in [0, 0.1) is 0 Å². The van der Waals surface area contributed by atoms with Crippen LogP contribution in [-0.4, -0.2) is 6.29 Å². The van der Waals surface area contributed by atoms with Crippen LogP contribution < -0.4 is 0 Å². The summed E-state index contributed by atoms with van der Waals surface area (Å²) in [6, 6.07) is 5.90. The van der Waals surface area contributed by atoms with Gasteiger partial charge in [0.1, 0.15) is 18.7 Å². The number of hydrogen-bond acceptors (Lipinski definition) is 2. The van der Waals surface area contributed by atoms with Gasteiger partial charge in [0.2, 0.25) is 0 Å². The third kappa shape index (κ3) is 1.35. The highest BCUT2D eigenvalue weighted by Gasteiger charge is 2.15. The molecule has 0 saturated carbocycles. The highest BCUT2D eigenvalue weighted by molar-refractivity contribution is 5.65. The van der Waals surface area contributed by atoms with Gasteiger partial charge in [0.05, 0.1) is 0 Å². The number of aldehydes is 1. The summed E-state index contributed by atoms with van der Waals surface area (Å²) < 4.78 is 5.27. The lowest BCUT2D eigenvalue weighted by Crippen LogP contribution is -1.89. The maximum atomic E-state index is 10.3. The number of rotatable bonds is 2. The second-order valence-electron chi connectivity index (χ2n) is 3.07. The van der Waals surface area contributed by atoms with Gasteiger partial charge < -0.3 is 9.53 Å². The quantitative estimate of drug-likeness (QED) is 0.640. The van der Waals surface area contributed by atoms with Crippen LogP contribution in [0.15, 0.2) is 24.8 Å². The number of ether oxygens (including phenoxy) is 1. The van der Waals surface area contributed by atoms with Gasteiger partial charge in [0.15, 0.2) is 0 Å². The minimum absolute atomic E-state index is 0.472. The second kappa shape index (κ2) is 3.05. The van der Waals surface area contributed by atoms with Crippen molar-refractivity contribution in [3.8, 4) is 0 Å². The highest BCUT2D eigenvalue weighted by atomic mass is 16.5. The van der Waals surface area contributed by atoms with Crippen molar-refractivity contribution < 1.29 is 9.53 Å². The molecule has 0 bridgehead atoms. The van der Waals surface area contributed by atoms with E-state index in [1.54, 1.807) is 0 Å². The maximum absolute atomic E-state index is 10.3. The Morgan fingerprint density at radius 2 is 2.38 bits per heavy atom. The fourth-order valence-corrected chi connectivity index (χ4v) is 1.50. The molecule has 0 radical (unpaired) electrons. The molecule has 0 amide bonds. The van der Waals surface area contributed by atoms with Crippen molar-refractivity contribution in [1.82, 2.24) is 0 Å². The van der Waals surface area contributed by atoms with Crippen LogP contribution in [0.4, 0.5) is 0 Å². The molecule has 0 fully saturated rings. The molecule has 0 saturated heterocycles. The van der Waals surface area contributed by atoms with Crippen LogP contribution in [0.5, 0.6) is 0 Å². The molecule has 0 aliphatic carbocycles. The summed E-state index contributed by atoms with van der Waals surface area (Å²) in [6.07, 6.45) is 1.38. The Kier molecular flexibility index (Phi) is 1.89. The molecule has 2 rings (SSSR count). The fourth-order valence-electron chi connectivity index (χ4n) is 1.50. The molecule has 1 aliphatic heterocycles. The van der Waals surface area contributed by atoms with Crippen LogP contribution in [0.1, 0.15) is 16.7 Å². The summed E-state index contributed by atoms with van der Waals surface area (Å²) in [7, 11) is 0. The van der Waals surface area contributed by atoms with Crippen molar-refractivity contribution in [1.29, 1.82) is 0 Å². The zero-order chi connectivity index (χ0) is 9.26. The largest absolute Gasteiger partial charge is 0.489 e. The van der Waals surface area contributed by atoms with Gasteiger partial charge in [0.25, 0.3) is 0 Å². The first-order valence-corrected chi connectivity index (χ1v) is 4.19. The smallest absolute Gasteiger partial charge is 0.124 e. The molecule has 1 aromatic rings. The van der Waals surface area contributed by atoms with Gasteiger partial charge in [0, 0.05) is 17.5 Å². The second-order valence-corrected chi connectivity index (χ2v) is 3.07. The molecule has 0 aromatic heterocycles. The van der Waals surface area contributed by atoms with E-state index in [2.05, 4.69) is 6.58 Å². The summed E-state index contributed by atoms with van der Waals surface area (Å²) in [6.45, 7) is 4.36. The van der Waals surface area contributed by atoms with E-state index in [-0.39, 0.29) is 0 Å². The van der Waals surface area contributed by atoms with E-state index in [1.165, 1.54) is 0 Å². The van der Waals surface area contributed by atoms with E-state index >= 15 is 0 Å². The van der Waals surface area contributed by atoms with Crippen molar-refractivity contribution in [2.24, 2.45) is 0 Å². The Balaban J connectivity index is 2.39. The fraction of sp³-hybridized carbons (Fsp3) is 0.182. The van der Waals surface area contributed by atoms with Crippen molar-refractivity contribution in [3.63, 3.8) is 0 Å². The molecular formula is C11H10O2. The Hall–Kier alpha value is -1.57. The number of benzene rings is 1. The Labute approximate surface area is 76.8 Å². The van der Waals surface area contributed by atoms with Gasteiger partial charge >= 0.3 is 0 Å². The third-order valence-electron chi connectivity index (χ3n) is 2.19. The predicted molar refractivity (Wildman–Crippen MR) is 50.0 cm³/mol. The third-order valence-corrected chi connectivity index (χ3v) is 2.19. The van der Waals surface area contributed by atoms with Crippen LogP contribution >= 0.6 is 0 Å². The summed E-state index contributed by atoms with van der Waals surface area (Å²) in [4.78, 5) is 10.3. The first kappa shape index (κ1) is 8.05. The topological polar surface area (TPSA) is 26.3 Å². The van der Waals surface area contributed by atoms with Crippen LogP contribution in [0.3, 0.4) is 0 Å². The molecule has 1 heterocycles. The average Bonchev–Trinajstić information content (AvgIpc) is 2.48. The lowest BCUT2D eigenvalue weighted by Gasteiger charge is -1.98. The first-order valence-electron chi connectivity index (χ1n) is 4.19. The van der Waals surface area contributed by atoms with Gasteiger partial charge in [-0.1, -0.05) is 24.8 Å². The molecule has 13 heavy (non-hydrogen) atoms. The van der Waals surface area contributed by atoms with E-state index < -0.39 is 0 Å². The molecule has 1 aromatic carbocycles. The average molecular weight is 174 g/mol. The molecule has 2 nitrogen and oxygen atoms in total. The lowest BCUT2D eigenvalue weighted by atomic mass is 10.0. The van der Waals surface area contributed by atoms with Gasteiger partial charge in [-0.25, -0.2) is 0 Å². The van der Waals surface area contributed by atoms with Crippen LogP contribution in [0.25, 0.3) is 5.76 Å². The minimum atomic E-state index is 0.472. The van der Waals surface area contributed by atoms with E-state index in [4.69, 9.17) is 4.74 Å². The Morgan fingerprint density at radius 1 is 1.54 bits per heavy atom. The van der Waals surface area contributed by atoms with E-state index in [0.717, 1.165) is 28.7 Å². The van der Waals surface area contributed by atoms with E-state index in [0.29, 0.717) is 13.0 Å². The van der Waals surface area contributed by atoms with Crippen LogP contribution in [0.2, 0.25) is 0 Å². The van der Waals surface area contributed by atoms with Crippen molar-refractivity contribution in [2.75, 3.05) is 0 Å². The number of carbonyl (C=O) groups excluding carboxylic acids is 1. The molecular weight excluding hydrogens is 164 g/mol. The number of carbonyl (C=O) groups is 1. The monoisotopic (exact) mass is 174 g/mol. The number of fused-ring (bicyclic) bond motifs is 1. The van der Waals surface area contributed by atoms with Gasteiger partial charge in [-0.05, 0) is 5.56 Å². The Bertz CT molecular complexity index is 366. The summed E-state index contributed by atoms with van der Waals surface area (Å²) >= 11 is 0. The van der Waals surface area contributed by atoms with Crippen molar-refractivity contribution in [3.05, 3.63) is 41.5 Å². The molecule has 66 valence electrons. The Morgan fingerprint density at radius 3 is 3.15 bits per heavy atom. The van der Waals surface area contributed by atoms with Gasteiger partial charge in [-0.2, -0.15) is 0 Å². The SMILES string of the molecule is C=C1OCc2cc(CC=O)ccc21. The predicted octanol–water partition coefficient (Wildman–Crippen LogP) is 1.93. The summed E-state index contributed by atoms with van der Waals surface area (Å²) in [5, 5.41) is 0. The number of hydrogen-bond donors (Lipinski definition) is 0. The van der Waals surface area contributed by atoms with Crippen LogP contribution in [-0.2, 0) is 22.6 Å². The first-order chi connectivity index (χ1) is 6.31. The zero-order valence-electron chi connectivity index (χ0n) is 7.25. The minimum Gasteiger partial charge on any atom is -0.489 e. The summed E-state index contributed by atoms with van der Waals surface area (Å²) in [5.41, 5.74) is 3.23. The van der Waals surface area contributed by atoms with E-state index in [1.807, 2.05) is 18.2 Å². The zero-order valence-corrected chi connectivity index (χ0v) is 7.25. The van der Waals surface area contributed by atoms with Crippen molar-refractivity contribution in [2.45, 2.75) is 13.0 Å². The molecule has 1 aliphatic rings. The highest BCUT2D eigenvalue weighted by Crippen LogP contribution is 2.28. The van der Waals surface area contributed by atoms with Crippen molar-refractivity contribution >= 4 is 12.0 Å². The lowest BCUT2D eigenvalue weighted by molar-refractivity contribution is -0.107. The molecule has 2 heteroatoms. The van der Waals surface area contributed by atoms with E-state index in [9.17, 15) is 4.79 Å².